The lowest BCUT2D eigenvalue weighted by molar-refractivity contribution is 0.0936. The molecule has 0 bridgehead atoms. The summed E-state index contributed by atoms with van der Waals surface area (Å²) in [5.74, 6) is 1.56. The normalized spacial score (nSPS) is 19.8. The largest absolute Gasteiger partial charge is 0.446 e. The van der Waals surface area contributed by atoms with Crippen molar-refractivity contribution in [3.8, 4) is 0 Å². The lowest BCUT2D eigenvalue weighted by Crippen LogP contribution is -2.42. The highest BCUT2D eigenvalue weighted by Crippen LogP contribution is 2.36. The molecule has 32 heavy (non-hydrogen) atoms. The van der Waals surface area contributed by atoms with E-state index in [9.17, 15) is 9.90 Å². The number of aliphatic hydroxyl groups is 1. The molecule has 3 aromatic heterocycles. The zero-order valence-corrected chi connectivity index (χ0v) is 19.1. The predicted molar refractivity (Wildman–Crippen MR) is 121 cm³/mol. The SMILES string of the molecule is C[C@@H](O)c1ccc2c(Nc3cc([C@@H]4CC[C@H](OC(=O)NC(C)(C)C)C4)[nH]n3)nn(C)c2n1. The molecule has 0 spiro atoms. The first-order valence-electron chi connectivity index (χ1n) is 10.9. The van der Waals surface area contributed by atoms with E-state index in [1.165, 1.54) is 0 Å². The Hall–Kier alpha value is -3.14. The molecule has 3 aromatic rings. The maximum atomic E-state index is 12.0. The standard InChI is InChI=1S/C22H31N7O3/c1-12(30)16-9-8-15-19(28-29(5)20(15)23-16)24-18-11-17(26-27-18)13-6-7-14(10-13)32-21(31)25-22(2,3)4/h8-9,11-14,30H,6-7,10H2,1-5H3,(H,25,31)(H2,24,26,27,28)/t12-,13-,14+/m1/s1. The third-order valence-corrected chi connectivity index (χ3v) is 5.56. The molecule has 1 aliphatic carbocycles. The number of aryl methyl sites for hydroxylation is 1. The number of alkyl carbamates (subject to hydrolysis) is 1. The van der Waals surface area contributed by atoms with Crippen LogP contribution < -0.4 is 10.6 Å². The second-order valence-electron chi connectivity index (χ2n) is 9.50. The highest BCUT2D eigenvalue weighted by molar-refractivity contribution is 5.89. The Morgan fingerprint density at radius 2 is 2.12 bits per heavy atom. The number of hydrogen-bond acceptors (Lipinski definition) is 7. The molecule has 1 fully saturated rings. The lowest BCUT2D eigenvalue weighted by atomic mass is 10.0. The van der Waals surface area contributed by atoms with Crippen LogP contribution in [0.3, 0.4) is 0 Å². The molecular formula is C22H31N7O3. The summed E-state index contributed by atoms with van der Waals surface area (Å²) < 4.78 is 7.26. The molecule has 0 aliphatic heterocycles. The Kier molecular flexibility index (Phi) is 5.81. The van der Waals surface area contributed by atoms with Crippen molar-refractivity contribution in [2.24, 2.45) is 7.05 Å². The Balaban J connectivity index is 1.41. The molecule has 1 saturated carbocycles. The van der Waals surface area contributed by atoms with Crippen LogP contribution in [-0.4, -0.2) is 47.8 Å². The maximum Gasteiger partial charge on any atom is 0.407 e. The molecule has 172 valence electrons. The first-order chi connectivity index (χ1) is 15.1. The molecule has 4 N–H and O–H groups in total. The predicted octanol–water partition coefficient (Wildman–Crippen LogP) is 3.65. The summed E-state index contributed by atoms with van der Waals surface area (Å²) in [5.41, 5.74) is 1.97. The number of nitrogens with zero attached hydrogens (tertiary/aromatic N) is 4. The van der Waals surface area contributed by atoms with Crippen LogP contribution >= 0.6 is 0 Å². The Labute approximate surface area is 186 Å². The van der Waals surface area contributed by atoms with E-state index in [4.69, 9.17) is 4.74 Å². The minimum atomic E-state index is -0.640. The van der Waals surface area contributed by atoms with Crippen LogP contribution in [0, 0.1) is 0 Å². The molecule has 3 atom stereocenters. The van der Waals surface area contributed by atoms with Gasteiger partial charge >= 0.3 is 6.09 Å². The minimum Gasteiger partial charge on any atom is -0.446 e. The van der Waals surface area contributed by atoms with Gasteiger partial charge in [0.2, 0.25) is 0 Å². The molecule has 10 nitrogen and oxygen atoms in total. The quantitative estimate of drug-likeness (QED) is 0.475. The molecule has 0 saturated heterocycles. The number of carbonyl (C=O) groups is 1. The van der Waals surface area contributed by atoms with E-state index >= 15 is 0 Å². The third kappa shape index (κ3) is 4.85. The summed E-state index contributed by atoms with van der Waals surface area (Å²) in [6.45, 7) is 7.47. The summed E-state index contributed by atoms with van der Waals surface area (Å²) in [6, 6.07) is 5.67. The van der Waals surface area contributed by atoms with Gasteiger partial charge in [-0.1, -0.05) is 0 Å². The number of aliphatic hydroxyl groups excluding tert-OH is 1. The van der Waals surface area contributed by atoms with Gasteiger partial charge < -0.3 is 20.5 Å². The van der Waals surface area contributed by atoms with Crippen LogP contribution in [0.2, 0.25) is 0 Å². The van der Waals surface area contributed by atoms with E-state index in [0.717, 1.165) is 30.3 Å². The average molecular weight is 442 g/mol. The summed E-state index contributed by atoms with van der Waals surface area (Å²) in [4.78, 5) is 16.5. The van der Waals surface area contributed by atoms with Crippen molar-refractivity contribution in [1.82, 2.24) is 30.3 Å². The summed E-state index contributed by atoms with van der Waals surface area (Å²) >= 11 is 0. The number of pyridine rings is 1. The van der Waals surface area contributed by atoms with Gasteiger partial charge in [0.05, 0.1) is 17.2 Å². The van der Waals surface area contributed by atoms with Gasteiger partial charge in [0.15, 0.2) is 17.3 Å². The number of anilines is 2. The van der Waals surface area contributed by atoms with Crippen molar-refractivity contribution < 1.29 is 14.6 Å². The van der Waals surface area contributed by atoms with E-state index in [1.807, 2.05) is 40.0 Å². The van der Waals surface area contributed by atoms with Crippen LogP contribution in [0.1, 0.15) is 70.4 Å². The number of H-pyrrole nitrogens is 1. The number of ether oxygens (including phenoxy) is 1. The second kappa shape index (κ2) is 8.42. The molecule has 0 unspecified atom stereocenters. The first kappa shape index (κ1) is 22.1. The number of amides is 1. The van der Waals surface area contributed by atoms with Crippen LogP contribution in [0.15, 0.2) is 18.2 Å². The van der Waals surface area contributed by atoms with Crippen molar-refractivity contribution >= 4 is 28.8 Å². The lowest BCUT2D eigenvalue weighted by Gasteiger charge is -2.22. The number of rotatable bonds is 5. The van der Waals surface area contributed by atoms with Gasteiger partial charge in [0.1, 0.15) is 6.10 Å². The highest BCUT2D eigenvalue weighted by atomic mass is 16.6. The zero-order valence-electron chi connectivity index (χ0n) is 19.1. The summed E-state index contributed by atoms with van der Waals surface area (Å²) in [6.07, 6.45) is 1.40. The fourth-order valence-electron chi connectivity index (χ4n) is 4.02. The van der Waals surface area contributed by atoms with E-state index in [-0.39, 0.29) is 23.7 Å². The maximum absolute atomic E-state index is 12.0. The Morgan fingerprint density at radius 3 is 2.84 bits per heavy atom. The van der Waals surface area contributed by atoms with Gasteiger partial charge in [-0.25, -0.2) is 14.5 Å². The fourth-order valence-corrected chi connectivity index (χ4v) is 4.02. The molecule has 0 radical (unpaired) electrons. The van der Waals surface area contributed by atoms with Gasteiger partial charge in [-0.3, -0.25) is 5.10 Å². The molecule has 0 aromatic carbocycles. The average Bonchev–Trinajstić information content (AvgIpc) is 3.40. The van der Waals surface area contributed by atoms with E-state index in [2.05, 4.69) is 30.9 Å². The molecule has 3 heterocycles. The van der Waals surface area contributed by atoms with Crippen molar-refractivity contribution in [1.29, 1.82) is 0 Å². The van der Waals surface area contributed by atoms with Crippen LogP contribution in [0.4, 0.5) is 16.4 Å². The Morgan fingerprint density at radius 1 is 1.34 bits per heavy atom. The minimum absolute atomic E-state index is 0.101. The number of aromatic nitrogens is 5. The number of hydrogen-bond donors (Lipinski definition) is 4. The van der Waals surface area contributed by atoms with Gasteiger partial charge in [-0.05, 0) is 59.1 Å². The van der Waals surface area contributed by atoms with Crippen molar-refractivity contribution in [3.05, 3.63) is 29.6 Å². The highest BCUT2D eigenvalue weighted by Gasteiger charge is 2.30. The van der Waals surface area contributed by atoms with Gasteiger partial charge in [0, 0.05) is 30.3 Å². The van der Waals surface area contributed by atoms with Gasteiger partial charge in [-0.2, -0.15) is 10.2 Å². The van der Waals surface area contributed by atoms with Crippen LogP contribution in [0.5, 0.6) is 0 Å². The topological polar surface area (TPSA) is 130 Å². The molecule has 4 rings (SSSR count). The zero-order chi connectivity index (χ0) is 23.0. The van der Waals surface area contributed by atoms with Gasteiger partial charge in [0.25, 0.3) is 0 Å². The van der Waals surface area contributed by atoms with Crippen LogP contribution in [0.25, 0.3) is 11.0 Å². The van der Waals surface area contributed by atoms with Gasteiger partial charge in [-0.15, -0.1) is 0 Å². The number of nitrogens with one attached hydrogen (secondary N) is 3. The fraction of sp³-hybridized carbons (Fsp3) is 0.545. The van der Waals surface area contributed by atoms with E-state index < -0.39 is 6.10 Å². The van der Waals surface area contributed by atoms with Crippen LogP contribution in [-0.2, 0) is 11.8 Å². The summed E-state index contributed by atoms with van der Waals surface area (Å²) in [5, 5.41) is 28.7. The number of carbonyl (C=O) groups excluding carboxylic acids is 1. The van der Waals surface area contributed by atoms with E-state index in [1.54, 1.807) is 17.7 Å². The first-order valence-corrected chi connectivity index (χ1v) is 10.9. The van der Waals surface area contributed by atoms with Crippen molar-refractivity contribution in [2.45, 2.75) is 70.6 Å². The monoisotopic (exact) mass is 441 g/mol. The molecule has 1 aliphatic rings. The number of aromatic amines is 1. The van der Waals surface area contributed by atoms with Crippen molar-refractivity contribution in [2.75, 3.05) is 5.32 Å². The third-order valence-electron chi connectivity index (χ3n) is 5.56. The van der Waals surface area contributed by atoms with E-state index in [0.29, 0.717) is 23.0 Å². The number of fused-ring (bicyclic) bond motifs is 1. The second-order valence-corrected chi connectivity index (χ2v) is 9.50. The molecular weight excluding hydrogens is 410 g/mol. The van der Waals surface area contributed by atoms with Crippen molar-refractivity contribution in [3.63, 3.8) is 0 Å². The molecule has 10 heteroatoms. The molecule has 1 amide bonds. The Bertz CT molecular complexity index is 1110. The smallest absolute Gasteiger partial charge is 0.407 e. The summed E-state index contributed by atoms with van der Waals surface area (Å²) in [7, 11) is 1.82.